The normalized spacial score (nSPS) is 18.9. The van der Waals surface area contributed by atoms with Crippen LogP contribution >= 0.6 is 46.6 Å². The van der Waals surface area contributed by atoms with Crippen molar-refractivity contribution in [2.45, 2.75) is 0 Å². The predicted molar refractivity (Wildman–Crippen MR) is 150 cm³/mol. The van der Waals surface area contributed by atoms with Crippen molar-refractivity contribution in [3.63, 3.8) is 0 Å². The SMILES string of the molecule is OC=c1c(-c2ccccc2)c2n(Cl)c1=C(Cl)C1=NC(=CC3=NC(=CC4=NC(=C2)C=C4)C=C3)C(Cl)=C1Cl. The molecule has 1 N–H and O–H groups in total. The summed E-state index contributed by atoms with van der Waals surface area (Å²) in [6, 6.07) is 9.55. The topological polar surface area (TPSA) is 62.2 Å². The molecule has 0 atom stereocenters. The summed E-state index contributed by atoms with van der Waals surface area (Å²) in [6.45, 7) is 0. The number of benzene rings is 1. The van der Waals surface area contributed by atoms with Gasteiger partial charge >= 0.3 is 0 Å². The van der Waals surface area contributed by atoms with Gasteiger partial charge in [-0.3, -0.25) is 4.09 Å². The minimum Gasteiger partial charge on any atom is -0.515 e. The van der Waals surface area contributed by atoms with Crippen LogP contribution in [0.15, 0.2) is 109 Å². The number of aliphatic hydroxyl groups is 1. The summed E-state index contributed by atoms with van der Waals surface area (Å²) in [6.07, 6.45) is 13.9. The fourth-order valence-electron chi connectivity index (χ4n) is 4.28. The Morgan fingerprint density at radius 2 is 1.42 bits per heavy atom. The van der Waals surface area contributed by atoms with Gasteiger partial charge in [0.15, 0.2) is 0 Å². The Balaban J connectivity index is 1.75. The van der Waals surface area contributed by atoms with Gasteiger partial charge in [-0.15, -0.1) is 0 Å². The van der Waals surface area contributed by atoms with E-state index in [9.17, 15) is 5.11 Å². The highest BCUT2D eigenvalue weighted by atomic mass is 35.5. The molecular formula is C27H14Cl4N4O. The van der Waals surface area contributed by atoms with Gasteiger partial charge in [-0.2, -0.15) is 0 Å². The van der Waals surface area contributed by atoms with Crippen LogP contribution in [0.5, 0.6) is 0 Å². The van der Waals surface area contributed by atoms with Gasteiger partial charge < -0.3 is 5.11 Å². The number of rotatable bonds is 1. The van der Waals surface area contributed by atoms with Gasteiger partial charge in [0.1, 0.15) is 5.71 Å². The van der Waals surface area contributed by atoms with Crippen LogP contribution in [-0.2, 0) is 0 Å². The number of allylic oxidation sites excluding steroid dienone is 8. The maximum Gasteiger partial charge on any atom is 0.105 e. The maximum absolute atomic E-state index is 10.4. The van der Waals surface area contributed by atoms with Crippen molar-refractivity contribution in [3.8, 4) is 11.1 Å². The van der Waals surface area contributed by atoms with Crippen LogP contribution < -0.4 is 10.6 Å². The smallest absolute Gasteiger partial charge is 0.105 e. The molecule has 0 aliphatic carbocycles. The van der Waals surface area contributed by atoms with Crippen LogP contribution in [0.4, 0.5) is 0 Å². The van der Waals surface area contributed by atoms with E-state index in [1.165, 1.54) is 4.09 Å². The molecule has 0 unspecified atom stereocenters. The molecule has 6 rings (SSSR count). The van der Waals surface area contributed by atoms with Gasteiger partial charge in [-0.1, -0.05) is 65.1 Å². The zero-order valence-electron chi connectivity index (χ0n) is 18.3. The molecule has 4 aliphatic heterocycles. The largest absolute Gasteiger partial charge is 0.515 e. The van der Waals surface area contributed by atoms with Crippen molar-refractivity contribution in [3.05, 3.63) is 110 Å². The first-order chi connectivity index (χ1) is 17.4. The number of aliphatic imine (C=N–C) groups is 3. The van der Waals surface area contributed by atoms with Gasteiger partial charge in [-0.05, 0) is 48.1 Å². The van der Waals surface area contributed by atoms with Crippen molar-refractivity contribution in [1.82, 2.24) is 4.09 Å². The third-order valence-corrected chi connectivity index (χ3v) is 7.44. The highest BCUT2D eigenvalue weighted by Crippen LogP contribution is 2.35. The molecule has 0 spiro atoms. The quantitative estimate of drug-likeness (QED) is 0.458. The van der Waals surface area contributed by atoms with E-state index in [-0.39, 0.29) is 20.8 Å². The van der Waals surface area contributed by atoms with E-state index in [4.69, 9.17) is 51.6 Å². The summed E-state index contributed by atoms with van der Waals surface area (Å²) in [5.74, 6) is 0. The standard InChI is InChI=1S/C27H14Cl4N4O/c28-23-20-11-17-8-6-15(32-17)10-16-7-9-18(33-16)12-21-22(14-4-2-1-3-5-14)19(13-36)27(35(21)31)25(30)26(34-20)24(23)29/h1-13,36H. The lowest BCUT2D eigenvalue weighted by atomic mass is 10.0. The molecule has 0 saturated carbocycles. The summed E-state index contributed by atoms with van der Waals surface area (Å²) >= 11 is 26.9. The van der Waals surface area contributed by atoms with Gasteiger partial charge in [0.2, 0.25) is 0 Å². The molecule has 5 heterocycles. The summed E-state index contributed by atoms with van der Waals surface area (Å²) in [5.41, 5.74) is 5.52. The molecule has 0 amide bonds. The Bertz CT molecular complexity index is 1760. The van der Waals surface area contributed by atoms with Crippen LogP contribution in [0, 0.1) is 0 Å². The Hall–Kier alpha value is -3.35. The zero-order chi connectivity index (χ0) is 25.0. The van der Waals surface area contributed by atoms with E-state index in [1.54, 1.807) is 6.08 Å². The molecular weight excluding hydrogens is 538 g/mol. The Labute approximate surface area is 225 Å². The first-order valence-corrected chi connectivity index (χ1v) is 12.3. The van der Waals surface area contributed by atoms with Crippen molar-refractivity contribution in [1.29, 1.82) is 0 Å². The maximum atomic E-state index is 10.4. The molecule has 36 heavy (non-hydrogen) atoms. The number of fused-ring (bicyclic) bond motifs is 5. The average Bonchev–Trinajstić information content (AvgIpc) is 3.64. The van der Waals surface area contributed by atoms with Gasteiger partial charge in [0, 0.05) is 22.6 Å². The number of aliphatic hydroxyl groups excluding tert-OH is 1. The number of hydrogen-bond acceptors (Lipinski definition) is 4. The van der Waals surface area contributed by atoms with Crippen LogP contribution in [0.1, 0.15) is 5.69 Å². The Morgan fingerprint density at radius 3 is 2.11 bits per heavy atom. The molecule has 0 radical (unpaired) electrons. The number of aromatic nitrogens is 1. The Morgan fingerprint density at radius 1 is 0.750 bits per heavy atom. The molecule has 1 aromatic heterocycles. The van der Waals surface area contributed by atoms with Crippen molar-refractivity contribution in [2.75, 3.05) is 0 Å². The molecule has 5 nitrogen and oxygen atoms in total. The number of nitrogens with zero attached hydrogens (tertiary/aromatic N) is 4. The summed E-state index contributed by atoms with van der Waals surface area (Å²) in [5, 5.41) is 11.6. The minimum absolute atomic E-state index is 0.126. The summed E-state index contributed by atoms with van der Waals surface area (Å²) in [4.78, 5) is 13.9. The summed E-state index contributed by atoms with van der Waals surface area (Å²) < 4.78 is 1.38. The van der Waals surface area contributed by atoms with E-state index in [0.717, 1.165) is 23.2 Å². The lowest BCUT2D eigenvalue weighted by molar-refractivity contribution is 0.540. The van der Waals surface area contributed by atoms with Crippen molar-refractivity contribution >= 4 is 81.1 Å². The second kappa shape index (κ2) is 8.95. The number of hydrogen-bond donors (Lipinski definition) is 1. The molecule has 176 valence electrons. The van der Waals surface area contributed by atoms with Crippen LogP contribution in [0.3, 0.4) is 0 Å². The second-order valence-corrected chi connectivity index (χ2v) is 9.58. The fourth-order valence-corrected chi connectivity index (χ4v) is 5.42. The first-order valence-electron chi connectivity index (χ1n) is 10.8. The lowest BCUT2D eigenvalue weighted by Crippen LogP contribution is -2.30. The zero-order valence-corrected chi connectivity index (χ0v) is 21.3. The van der Waals surface area contributed by atoms with Gasteiger partial charge in [0.25, 0.3) is 0 Å². The molecule has 0 fully saturated rings. The molecule has 2 aromatic rings. The van der Waals surface area contributed by atoms with Gasteiger partial charge in [-0.25, -0.2) is 15.0 Å². The third-order valence-electron chi connectivity index (χ3n) is 5.88. The molecule has 0 saturated heterocycles. The molecule has 8 bridgehead atoms. The highest BCUT2D eigenvalue weighted by molar-refractivity contribution is 6.71. The van der Waals surface area contributed by atoms with E-state index in [1.807, 2.05) is 66.8 Å². The van der Waals surface area contributed by atoms with E-state index in [2.05, 4.69) is 9.98 Å². The van der Waals surface area contributed by atoms with Crippen LogP contribution in [-0.4, -0.2) is 26.3 Å². The molecule has 1 aromatic carbocycles. The average molecular weight is 552 g/mol. The highest BCUT2D eigenvalue weighted by Gasteiger charge is 2.27. The van der Waals surface area contributed by atoms with E-state index >= 15 is 0 Å². The first kappa shape index (κ1) is 23.1. The lowest BCUT2D eigenvalue weighted by Gasteiger charge is -2.03. The minimum atomic E-state index is 0.126. The van der Waals surface area contributed by atoms with Crippen LogP contribution in [0.25, 0.3) is 28.5 Å². The molecule has 4 aliphatic rings. The van der Waals surface area contributed by atoms with E-state index < -0.39 is 0 Å². The van der Waals surface area contributed by atoms with Gasteiger partial charge in [0.05, 0.1) is 60.9 Å². The van der Waals surface area contributed by atoms with Crippen LogP contribution in [0.2, 0.25) is 0 Å². The third kappa shape index (κ3) is 3.76. The van der Waals surface area contributed by atoms with Crippen molar-refractivity contribution < 1.29 is 5.11 Å². The van der Waals surface area contributed by atoms with E-state index in [0.29, 0.717) is 38.9 Å². The van der Waals surface area contributed by atoms with Crippen molar-refractivity contribution in [2.24, 2.45) is 15.0 Å². The predicted octanol–water partition coefficient (Wildman–Crippen LogP) is 6.09. The molecule has 9 heteroatoms. The second-order valence-electron chi connectivity index (χ2n) is 8.11. The number of halogens is 4. The monoisotopic (exact) mass is 550 g/mol. The summed E-state index contributed by atoms with van der Waals surface area (Å²) in [7, 11) is 0. The Kier molecular flexibility index (Phi) is 5.73. The fraction of sp³-hybridized carbons (Fsp3) is 0.